The molecule has 84 valence electrons. The number of unbranched alkanes of at least 4 members (excludes halogenated alkanes) is 7. The first-order valence-electron chi connectivity index (χ1n) is 5.78. The Morgan fingerprint density at radius 3 is 2.00 bits per heavy atom. The van der Waals surface area contributed by atoms with Crippen LogP contribution < -0.4 is 11.1 Å². The molecule has 2 nitrogen and oxygen atoms in total. The Labute approximate surface area is 94.7 Å². The summed E-state index contributed by atoms with van der Waals surface area (Å²) < 4.78 is 0.653. The Bertz CT molecular complexity index is 137. The van der Waals surface area contributed by atoms with E-state index in [0.717, 1.165) is 0 Å². The zero-order chi connectivity index (χ0) is 10.6. The van der Waals surface area contributed by atoms with Gasteiger partial charge in [0.15, 0.2) is 0 Å². The van der Waals surface area contributed by atoms with Crippen LogP contribution in [0.5, 0.6) is 0 Å². The predicted molar refractivity (Wildman–Crippen MR) is 64.3 cm³/mol. The SMILES string of the molecule is CCCCCCCCCC[Se]C(N)=[NH2+]. The van der Waals surface area contributed by atoms with E-state index in [4.69, 9.17) is 11.1 Å². The van der Waals surface area contributed by atoms with Crippen LogP contribution in [0.4, 0.5) is 0 Å². The van der Waals surface area contributed by atoms with Crippen LogP contribution in [0, 0.1) is 0 Å². The number of hydrogen-bond acceptors (Lipinski definition) is 0. The predicted octanol–water partition coefficient (Wildman–Crippen LogP) is 1.32. The standard InChI is InChI=1S/C11H24N2Se/c1-2-3-4-5-6-7-8-9-10-14-11(12)13/h2-10H2,1H3,(H3,12,13)/p+1. The first-order valence-corrected chi connectivity index (χ1v) is 7.85. The van der Waals surface area contributed by atoms with E-state index in [0.29, 0.717) is 19.7 Å². The van der Waals surface area contributed by atoms with Crippen molar-refractivity contribution >= 4 is 19.7 Å². The minimum absolute atomic E-state index is 0.391. The second kappa shape index (κ2) is 11.1. The van der Waals surface area contributed by atoms with Crippen molar-refractivity contribution in [1.29, 1.82) is 0 Å². The summed E-state index contributed by atoms with van der Waals surface area (Å²) >= 11 is 0.391. The van der Waals surface area contributed by atoms with Crippen molar-refractivity contribution in [2.45, 2.75) is 63.6 Å². The van der Waals surface area contributed by atoms with E-state index in [1.165, 1.54) is 56.7 Å². The summed E-state index contributed by atoms with van der Waals surface area (Å²) in [5.74, 6) is 0. The van der Waals surface area contributed by atoms with Crippen LogP contribution >= 0.6 is 0 Å². The molecule has 0 spiro atoms. The van der Waals surface area contributed by atoms with Gasteiger partial charge >= 0.3 is 94.4 Å². The van der Waals surface area contributed by atoms with Gasteiger partial charge < -0.3 is 0 Å². The maximum atomic E-state index is 5.41. The van der Waals surface area contributed by atoms with Gasteiger partial charge in [-0.25, -0.2) is 0 Å². The quantitative estimate of drug-likeness (QED) is 0.266. The summed E-state index contributed by atoms with van der Waals surface area (Å²) in [4.78, 5) is 0. The first-order chi connectivity index (χ1) is 6.77. The van der Waals surface area contributed by atoms with E-state index in [1.807, 2.05) is 0 Å². The van der Waals surface area contributed by atoms with E-state index < -0.39 is 0 Å². The summed E-state index contributed by atoms with van der Waals surface area (Å²) in [5, 5.41) is 6.64. The molecule has 3 heteroatoms. The monoisotopic (exact) mass is 265 g/mol. The molecule has 0 saturated carbocycles. The Morgan fingerprint density at radius 1 is 1.00 bits per heavy atom. The third-order valence-corrected chi connectivity index (χ3v) is 4.00. The Hall–Kier alpha value is -0.0105. The van der Waals surface area contributed by atoms with Crippen LogP contribution in [0.1, 0.15) is 58.3 Å². The molecule has 0 aromatic carbocycles. The van der Waals surface area contributed by atoms with Gasteiger partial charge in [0.05, 0.1) is 0 Å². The molecular formula is C11H25N2Se+. The molecule has 0 atom stereocenters. The Kier molecular flexibility index (Phi) is 11.1. The molecule has 0 heterocycles. The normalized spacial score (nSPS) is 10.4. The van der Waals surface area contributed by atoms with Gasteiger partial charge in [-0.05, 0) is 0 Å². The molecule has 0 aliphatic heterocycles. The van der Waals surface area contributed by atoms with E-state index in [2.05, 4.69) is 6.92 Å². The molecule has 0 rings (SSSR count). The molecule has 4 N–H and O–H groups in total. The molecule has 0 aromatic rings. The van der Waals surface area contributed by atoms with Crippen LogP contribution in [-0.2, 0) is 0 Å². The molecule has 0 fully saturated rings. The summed E-state index contributed by atoms with van der Waals surface area (Å²) in [6, 6.07) is 0. The van der Waals surface area contributed by atoms with Crippen LogP contribution in [0.15, 0.2) is 0 Å². The summed E-state index contributed by atoms with van der Waals surface area (Å²) in [6.07, 6.45) is 11.1. The van der Waals surface area contributed by atoms with Crippen molar-refractivity contribution in [2.24, 2.45) is 5.73 Å². The van der Waals surface area contributed by atoms with Gasteiger partial charge in [0.25, 0.3) is 0 Å². The minimum atomic E-state index is 0.391. The average Bonchev–Trinajstić information content (AvgIpc) is 2.15. The van der Waals surface area contributed by atoms with E-state index >= 15 is 0 Å². The Balaban J connectivity index is 2.88. The van der Waals surface area contributed by atoms with E-state index in [-0.39, 0.29) is 0 Å². The zero-order valence-corrected chi connectivity index (χ0v) is 11.1. The van der Waals surface area contributed by atoms with Crippen LogP contribution in [0.2, 0.25) is 5.32 Å². The number of rotatable bonds is 10. The molecule has 14 heavy (non-hydrogen) atoms. The molecule has 0 unspecified atom stereocenters. The van der Waals surface area contributed by atoms with Gasteiger partial charge in [0.1, 0.15) is 0 Å². The summed E-state index contributed by atoms with van der Waals surface area (Å²) in [6.45, 7) is 2.26. The molecule has 0 saturated heterocycles. The first kappa shape index (κ1) is 14.0. The van der Waals surface area contributed by atoms with Gasteiger partial charge in [-0.1, -0.05) is 0 Å². The second-order valence-corrected chi connectivity index (χ2v) is 6.18. The number of hydrogen-bond donors (Lipinski definition) is 2. The number of nitrogens with two attached hydrogens (primary N) is 2. The molecule has 0 amide bonds. The topological polar surface area (TPSA) is 51.6 Å². The summed E-state index contributed by atoms with van der Waals surface area (Å²) in [7, 11) is 0. The van der Waals surface area contributed by atoms with Crippen molar-refractivity contribution in [3.8, 4) is 0 Å². The fraction of sp³-hybridized carbons (Fsp3) is 0.909. The third kappa shape index (κ3) is 12.0. The van der Waals surface area contributed by atoms with Gasteiger partial charge in [-0.2, -0.15) is 0 Å². The Morgan fingerprint density at radius 2 is 1.50 bits per heavy atom. The fourth-order valence-corrected chi connectivity index (χ4v) is 2.65. The van der Waals surface area contributed by atoms with Gasteiger partial charge in [0.2, 0.25) is 0 Å². The van der Waals surface area contributed by atoms with Crippen LogP contribution in [0.25, 0.3) is 0 Å². The van der Waals surface area contributed by atoms with Gasteiger partial charge in [0, 0.05) is 0 Å². The average molecular weight is 264 g/mol. The third-order valence-electron chi connectivity index (χ3n) is 2.27. The fourth-order valence-electron chi connectivity index (χ4n) is 1.43. The van der Waals surface area contributed by atoms with Crippen molar-refractivity contribution in [2.75, 3.05) is 0 Å². The molecule has 0 aliphatic carbocycles. The number of amidine groups is 1. The van der Waals surface area contributed by atoms with Crippen molar-refractivity contribution in [1.82, 2.24) is 0 Å². The van der Waals surface area contributed by atoms with Gasteiger partial charge in [-0.15, -0.1) is 0 Å². The van der Waals surface area contributed by atoms with Crippen molar-refractivity contribution in [3.63, 3.8) is 0 Å². The van der Waals surface area contributed by atoms with Crippen molar-refractivity contribution < 1.29 is 5.41 Å². The van der Waals surface area contributed by atoms with Crippen LogP contribution in [-0.4, -0.2) is 19.7 Å². The zero-order valence-electron chi connectivity index (χ0n) is 9.43. The molecule has 0 radical (unpaired) electrons. The second-order valence-electron chi connectivity index (χ2n) is 3.73. The molecule has 0 aromatic heterocycles. The van der Waals surface area contributed by atoms with Crippen molar-refractivity contribution in [3.05, 3.63) is 0 Å². The van der Waals surface area contributed by atoms with E-state index in [1.54, 1.807) is 0 Å². The van der Waals surface area contributed by atoms with E-state index in [9.17, 15) is 0 Å². The van der Waals surface area contributed by atoms with Crippen LogP contribution in [0.3, 0.4) is 0 Å². The van der Waals surface area contributed by atoms with Gasteiger partial charge in [-0.3, -0.25) is 0 Å². The maximum absolute atomic E-state index is 5.41. The molecule has 0 aliphatic rings. The summed E-state index contributed by atoms with van der Waals surface area (Å²) in [5.41, 5.74) is 5.41. The molecular weight excluding hydrogens is 239 g/mol. The molecule has 0 bridgehead atoms.